The van der Waals surface area contributed by atoms with E-state index in [4.69, 9.17) is 0 Å². The van der Waals surface area contributed by atoms with E-state index in [1.54, 1.807) is 6.07 Å². The molecular formula is C10H9FOS. The van der Waals surface area contributed by atoms with E-state index in [-0.39, 0.29) is 11.6 Å². The van der Waals surface area contributed by atoms with Crippen molar-refractivity contribution in [3.05, 3.63) is 28.9 Å². The second-order valence-corrected chi connectivity index (χ2v) is 3.84. The molecule has 1 aromatic carbocycles. The van der Waals surface area contributed by atoms with E-state index < -0.39 is 0 Å². The molecule has 1 aromatic heterocycles. The summed E-state index contributed by atoms with van der Waals surface area (Å²) in [4.78, 5) is 0. The monoisotopic (exact) mass is 196 g/mol. The van der Waals surface area contributed by atoms with Crippen LogP contribution in [-0.2, 0) is 6.42 Å². The van der Waals surface area contributed by atoms with Crippen molar-refractivity contribution in [2.75, 3.05) is 0 Å². The average Bonchev–Trinajstić information content (AvgIpc) is 2.48. The van der Waals surface area contributed by atoms with Gasteiger partial charge in [-0.3, -0.25) is 0 Å². The summed E-state index contributed by atoms with van der Waals surface area (Å²) in [6.07, 6.45) is 0.850. The fourth-order valence-corrected chi connectivity index (χ4v) is 2.26. The van der Waals surface area contributed by atoms with Crippen molar-refractivity contribution in [2.45, 2.75) is 13.3 Å². The number of aryl methyl sites for hydroxylation is 1. The first-order valence-corrected chi connectivity index (χ1v) is 4.99. The maximum atomic E-state index is 13.1. The maximum absolute atomic E-state index is 13.1. The summed E-state index contributed by atoms with van der Waals surface area (Å²) in [5, 5.41) is 11.3. The number of thiophene rings is 1. The van der Waals surface area contributed by atoms with E-state index >= 15 is 0 Å². The molecule has 0 aliphatic carbocycles. The fourth-order valence-electron chi connectivity index (χ4n) is 1.37. The molecule has 0 unspecified atom stereocenters. The van der Waals surface area contributed by atoms with Crippen LogP contribution in [0.3, 0.4) is 0 Å². The van der Waals surface area contributed by atoms with E-state index in [1.807, 2.05) is 13.0 Å². The van der Waals surface area contributed by atoms with Gasteiger partial charge in [-0.05, 0) is 24.1 Å². The third-order valence-electron chi connectivity index (χ3n) is 2.08. The molecule has 0 fully saturated rings. The van der Waals surface area contributed by atoms with Gasteiger partial charge in [0, 0.05) is 10.1 Å². The maximum Gasteiger partial charge on any atom is 0.145 e. The molecule has 0 aliphatic rings. The van der Waals surface area contributed by atoms with Crippen LogP contribution in [0, 0.1) is 5.82 Å². The smallest absolute Gasteiger partial charge is 0.145 e. The first-order chi connectivity index (χ1) is 6.22. The van der Waals surface area contributed by atoms with E-state index in [2.05, 4.69) is 0 Å². The van der Waals surface area contributed by atoms with Crippen molar-refractivity contribution in [3.8, 4) is 5.75 Å². The first-order valence-electron chi connectivity index (χ1n) is 4.11. The molecule has 13 heavy (non-hydrogen) atoms. The molecule has 2 aromatic rings. The highest BCUT2D eigenvalue weighted by Crippen LogP contribution is 2.33. The fraction of sp³-hybridized carbons (Fsp3) is 0.200. The van der Waals surface area contributed by atoms with Crippen LogP contribution in [0.25, 0.3) is 10.1 Å². The molecule has 1 heterocycles. The average molecular weight is 196 g/mol. The van der Waals surface area contributed by atoms with Gasteiger partial charge in [0.1, 0.15) is 11.6 Å². The van der Waals surface area contributed by atoms with Crippen molar-refractivity contribution in [1.29, 1.82) is 0 Å². The number of hydrogen-bond donors (Lipinski definition) is 1. The standard InChI is InChI=1S/C10H9FOS/c1-2-6-3-8(12)10-7(11)5-13-9(10)4-6/h3-5,12H,2H2,1H3. The summed E-state index contributed by atoms with van der Waals surface area (Å²) in [6.45, 7) is 2.00. The third-order valence-corrected chi connectivity index (χ3v) is 2.98. The summed E-state index contributed by atoms with van der Waals surface area (Å²) in [6, 6.07) is 3.54. The molecule has 2 rings (SSSR count). The summed E-state index contributed by atoms with van der Waals surface area (Å²) < 4.78 is 13.9. The molecule has 0 saturated carbocycles. The van der Waals surface area contributed by atoms with Crippen molar-refractivity contribution >= 4 is 21.4 Å². The van der Waals surface area contributed by atoms with Gasteiger partial charge in [-0.2, -0.15) is 0 Å². The number of aromatic hydroxyl groups is 1. The van der Waals surface area contributed by atoms with Crippen LogP contribution in [0.1, 0.15) is 12.5 Å². The van der Waals surface area contributed by atoms with E-state index in [9.17, 15) is 9.50 Å². The minimum atomic E-state index is -0.333. The number of benzene rings is 1. The second-order valence-electron chi connectivity index (χ2n) is 2.93. The molecule has 0 aliphatic heterocycles. The van der Waals surface area contributed by atoms with Crippen LogP contribution in [-0.4, -0.2) is 5.11 Å². The minimum Gasteiger partial charge on any atom is -0.507 e. The zero-order valence-electron chi connectivity index (χ0n) is 7.17. The Balaban J connectivity index is 2.79. The van der Waals surface area contributed by atoms with Gasteiger partial charge >= 0.3 is 0 Å². The van der Waals surface area contributed by atoms with E-state index in [0.717, 1.165) is 16.7 Å². The van der Waals surface area contributed by atoms with Crippen LogP contribution in [0.2, 0.25) is 0 Å². The molecule has 68 valence electrons. The number of phenols is 1. The molecule has 0 amide bonds. The number of halogens is 1. The Morgan fingerprint density at radius 1 is 1.46 bits per heavy atom. The number of fused-ring (bicyclic) bond motifs is 1. The summed E-state index contributed by atoms with van der Waals surface area (Å²) in [7, 11) is 0. The zero-order valence-corrected chi connectivity index (χ0v) is 7.99. The predicted octanol–water partition coefficient (Wildman–Crippen LogP) is 3.31. The Kier molecular flexibility index (Phi) is 1.96. The first kappa shape index (κ1) is 8.51. The second kappa shape index (κ2) is 3.00. The van der Waals surface area contributed by atoms with Crippen LogP contribution < -0.4 is 0 Å². The summed E-state index contributed by atoms with van der Waals surface area (Å²) in [5.41, 5.74) is 1.03. The highest BCUT2D eigenvalue weighted by Gasteiger charge is 2.09. The largest absolute Gasteiger partial charge is 0.507 e. The molecule has 1 nitrogen and oxygen atoms in total. The molecule has 1 N–H and O–H groups in total. The SMILES string of the molecule is CCc1cc(O)c2c(F)csc2c1. The molecule has 0 saturated heterocycles. The van der Waals surface area contributed by atoms with Crippen molar-refractivity contribution in [1.82, 2.24) is 0 Å². The van der Waals surface area contributed by atoms with Gasteiger partial charge in [0.15, 0.2) is 0 Å². The van der Waals surface area contributed by atoms with Crippen molar-refractivity contribution in [3.63, 3.8) is 0 Å². The molecular weight excluding hydrogens is 187 g/mol. The highest BCUT2D eigenvalue weighted by molar-refractivity contribution is 7.17. The lowest BCUT2D eigenvalue weighted by atomic mass is 10.1. The van der Waals surface area contributed by atoms with Crippen LogP contribution in [0.4, 0.5) is 4.39 Å². The van der Waals surface area contributed by atoms with Crippen LogP contribution in [0.5, 0.6) is 5.75 Å². The molecule has 3 heteroatoms. The van der Waals surface area contributed by atoms with Gasteiger partial charge in [0.05, 0.1) is 5.39 Å². The molecule has 0 spiro atoms. The Labute approximate surface area is 79.4 Å². The highest BCUT2D eigenvalue weighted by atomic mass is 32.1. The number of rotatable bonds is 1. The van der Waals surface area contributed by atoms with E-state index in [0.29, 0.717) is 5.39 Å². The quantitative estimate of drug-likeness (QED) is 0.741. The Morgan fingerprint density at radius 2 is 2.23 bits per heavy atom. The van der Waals surface area contributed by atoms with Crippen LogP contribution >= 0.6 is 11.3 Å². The van der Waals surface area contributed by atoms with Gasteiger partial charge < -0.3 is 5.11 Å². The number of hydrogen-bond acceptors (Lipinski definition) is 2. The topological polar surface area (TPSA) is 20.2 Å². The normalized spacial score (nSPS) is 10.9. The summed E-state index contributed by atoms with van der Waals surface area (Å²) >= 11 is 1.32. The van der Waals surface area contributed by atoms with Gasteiger partial charge in [0.2, 0.25) is 0 Å². The minimum absolute atomic E-state index is 0.0492. The van der Waals surface area contributed by atoms with Crippen molar-refractivity contribution < 1.29 is 9.50 Å². The Bertz CT molecular complexity index is 447. The van der Waals surface area contributed by atoms with Gasteiger partial charge in [0.25, 0.3) is 0 Å². The predicted molar refractivity (Wildman–Crippen MR) is 52.8 cm³/mol. The Hall–Kier alpha value is -1.09. The van der Waals surface area contributed by atoms with Gasteiger partial charge in [-0.15, -0.1) is 11.3 Å². The van der Waals surface area contributed by atoms with E-state index in [1.165, 1.54) is 16.7 Å². The summed E-state index contributed by atoms with van der Waals surface area (Å²) in [5.74, 6) is -0.284. The van der Waals surface area contributed by atoms with Crippen LogP contribution in [0.15, 0.2) is 17.5 Å². The lowest BCUT2D eigenvalue weighted by Crippen LogP contribution is -1.79. The number of phenolic OH excluding ortho intramolecular Hbond substituents is 1. The third kappa shape index (κ3) is 1.29. The Morgan fingerprint density at radius 3 is 2.92 bits per heavy atom. The van der Waals surface area contributed by atoms with Gasteiger partial charge in [-0.1, -0.05) is 6.92 Å². The lowest BCUT2D eigenvalue weighted by Gasteiger charge is -1.99. The zero-order chi connectivity index (χ0) is 9.42. The lowest BCUT2D eigenvalue weighted by molar-refractivity contribution is 0.478. The molecule has 0 radical (unpaired) electrons. The molecule has 0 atom stereocenters. The molecule has 0 bridgehead atoms. The van der Waals surface area contributed by atoms with Crippen molar-refractivity contribution in [2.24, 2.45) is 0 Å². The van der Waals surface area contributed by atoms with Gasteiger partial charge in [-0.25, -0.2) is 4.39 Å².